The molecule has 0 heterocycles. The molecule has 0 radical (unpaired) electrons. The first-order valence-electron chi connectivity index (χ1n) is 5.83. The number of aliphatic hydroxyl groups is 1. The highest BCUT2D eigenvalue weighted by atomic mass is 79.9. The van der Waals surface area contributed by atoms with Gasteiger partial charge in [0.2, 0.25) is 0 Å². The molecule has 1 rings (SSSR count). The molecule has 0 aliphatic rings. The van der Waals surface area contributed by atoms with Crippen LogP contribution in [-0.4, -0.2) is 24.4 Å². The second kappa shape index (κ2) is 7.80. The Morgan fingerprint density at radius 2 is 2.24 bits per heavy atom. The van der Waals surface area contributed by atoms with E-state index in [1.807, 2.05) is 6.92 Å². The highest BCUT2D eigenvalue weighted by Crippen LogP contribution is 2.18. The first kappa shape index (κ1) is 14.6. The molecular formula is C13H18BrFO2. The van der Waals surface area contributed by atoms with Gasteiger partial charge in [0.05, 0.1) is 10.6 Å². The molecule has 0 amide bonds. The Balaban J connectivity index is 2.34. The molecule has 0 aromatic heterocycles. The summed E-state index contributed by atoms with van der Waals surface area (Å²) in [5.74, 6) is -0.278. The zero-order valence-electron chi connectivity index (χ0n) is 9.96. The van der Waals surface area contributed by atoms with Crippen molar-refractivity contribution in [3.8, 4) is 0 Å². The maximum atomic E-state index is 13.0. The van der Waals surface area contributed by atoms with Crippen LogP contribution >= 0.6 is 15.9 Å². The number of halogens is 2. The fourth-order valence-electron chi connectivity index (χ4n) is 1.61. The lowest BCUT2D eigenvalue weighted by molar-refractivity contribution is 0.114. The Morgan fingerprint density at radius 3 is 2.88 bits per heavy atom. The van der Waals surface area contributed by atoms with Gasteiger partial charge in [-0.3, -0.25) is 0 Å². The first-order chi connectivity index (χ1) is 8.13. The summed E-state index contributed by atoms with van der Waals surface area (Å²) < 4.78 is 18.6. The highest BCUT2D eigenvalue weighted by molar-refractivity contribution is 9.10. The smallest absolute Gasteiger partial charge is 0.137 e. The molecule has 1 aromatic carbocycles. The van der Waals surface area contributed by atoms with Gasteiger partial charge >= 0.3 is 0 Å². The lowest BCUT2D eigenvalue weighted by Gasteiger charge is -2.11. The summed E-state index contributed by atoms with van der Waals surface area (Å²) >= 11 is 3.13. The summed E-state index contributed by atoms with van der Waals surface area (Å²) in [7, 11) is 0. The SMILES string of the molecule is CCOCCCC(O)Cc1ccc(F)c(Br)c1. The van der Waals surface area contributed by atoms with Crippen LogP contribution in [0.3, 0.4) is 0 Å². The van der Waals surface area contributed by atoms with E-state index < -0.39 is 6.10 Å². The number of aliphatic hydroxyl groups excluding tert-OH is 1. The largest absolute Gasteiger partial charge is 0.393 e. The van der Waals surface area contributed by atoms with Crippen LogP contribution in [0, 0.1) is 5.82 Å². The van der Waals surface area contributed by atoms with Crippen molar-refractivity contribution in [3.05, 3.63) is 34.1 Å². The van der Waals surface area contributed by atoms with Gasteiger partial charge in [0.15, 0.2) is 0 Å². The monoisotopic (exact) mass is 304 g/mol. The average Bonchev–Trinajstić information content (AvgIpc) is 2.30. The molecule has 17 heavy (non-hydrogen) atoms. The van der Waals surface area contributed by atoms with E-state index >= 15 is 0 Å². The first-order valence-corrected chi connectivity index (χ1v) is 6.62. The minimum absolute atomic E-state index is 0.278. The standard InChI is InChI=1S/C13H18BrFO2/c1-2-17-7-3-4-11(16)8-10-5-6-13(15)12(14)9-10/h5-6,9,11,16H,2-4,7-8H2,1H3. The van der Waals surface area contributed by atoms with Crippen LogP contribution in [0.5, 0.6) is 0 Å². The van der Waals surface area contributed by atoms with Crippen molar-refractivity contribution in [2.75, 3.05) is 13.2 Å². The van der Waals surface area contributed by atoms with Gasteiger partial charge in [0.25, 0.3) is 0 Å². The van der Waals surface area contributed by atoms with Gasteiger partial charge in [0.1, 0.15) is 5.82 Å². The zero-order chi connectivity index (χ0) is 12.7. The van der Waals surface area contributed by atoms with Crippen molar-refractivity contribution >= 4 is 15.9 Å². The van der Waals surface area contributed by atoms with Crippen LogP contribution in [0.4, 0.5) is 4.39 Å². The minimum atomic E-state index is -0.396. The molecule has 0 saturated carbocycles. The predicted molar refractivity (Wildman–Crippen MR) is 69.5 cm³/mol. The van der Waals surface area contributed by atoms with E-state index in [4.69, 9.17) is 4.74 Å². The van der Waals surface area contributed by atoms with Gasteiger partial charge in [-0.2, -0.15) is 0 Å². The second-order valence-corrected chi connectivity index (χ2v) is 4.80. The average molecular weight is 305 g/mol. The second-order valence-electron chi connectivity index (χ2n) is 3.95. The Bertz CT molecular complexity index is 344. The van der Waals surface area contributed by atoms with Gasteiger partial charge in [-0.1, -0.05) is 6.07 Å². The van der Waals surface area contributed by atoms with Crippen LogP contribution < -0.4 is 0 Å². The van der Waals surface area contributed by atoms with Crippen LogP contribution in [-0.2, 0) is 11.2 Å². The quantitative estimate of drug-likeness (QED) is 0.783. The zero-order valence-corrected chi connectivity index (χ0v) is 11.5. The van der Waals surface area contributed by atoms with Gasteiger partial charge in [-0.05, 0) is 59.8 Å². The molecular weight excluding hydrogens is 287 g/mol. The summed E-state index contributed by atoms with van der Waals surface area (Å²) in [6.45, 7) is 3.34. The topological polar surface area (TPSA) is 29.5 Å². The van der Waals surface area contributed by atoms with Crippen LogP contribution in [0.2, 0.25) is 0 Å². The molecule has 0 bridgehead atoms. The third-order valence-corrected chi connectivity index (χ3v) is 3.09. The van der Waals surface area contributed by atoms with Gasteiger partial charge < -0.3 is 9.84 Å². The summed E-state index contributed by atoms with van der Waals surface area (Å²) in [6.07, 6.45) is 1.70. The van der Waals surface area contributed by atoms with Crippen LogP contribution in [0.15, 0.2) is 22.7 Å². The molecule has 0 aliphatic carbocycles. The molecule has 1 aromatic rings. The number of benzene rings is 1. The van der Waals surface area contributed by atoms with E-state index in [-0.39, 0.29) is 5.82 Å². The van der Waals surface area contributed by atoms with Gasteiger partial charge in [0, 0.05) is 13.2 Å². The Morgan fingerprint density at radius 1 is 1.47 bits per heavy atom. The predicted octanol–water partition coefficient (Wildman–Crippen LogP) is 3.31. The van der Waals surface area contributed by atoms with Crippen molar-refractivity contribution in [1.82, 2.24) is 0 Å². The molecule has 1 unspecified atom stereocenters. The molecule has 0 aliphatic heterocycles. The minimum Gasteiger partial charge on any atom is -0.393 e. The van der Waals surface area contributed by atoms with Crippen molar-refractivity contribution in [2.45, 2.75) is 32.3 Å². The van der Waals surface area contributed by atoms with Crippen LogP contribution in [0.25, 0.3) is 0 Å². The fraction of sp³-hybridized carbons (Fsp3) is 0.538. The molecule has 0 spiro atoms. The van der Waals surface area contributed by atoms with Crippen molar-refractivity contribution in [1.29, 1.82) is 0 Å². The fourth-order valence-corrected chi connectivity index (χ4v) is 2.03. The van der Waals surface area contributed by atoms with Crippen molar-refractivity contribution in [3.63, 3.8) is 0 Å². The summed E-state index contributed by atoms with van der Waals surface area (Å²) in [4.78, 5) is 0. The van der Waals surface area contributed by atoms with Crippen molar-refractivity contribution in [2.24, 2.45) is 0 Å². The molecule has 1 N–H and O–H groups in total. The molecule has 4 heteroatoms. The maximum absolute atomic E-state index is 13.0. The van der Waals surface area contributed by atoms with E-state index in [1.165, 1.54) is 6.07 Å². The van der Waals surface area contributed by atoms with Gasteiger partial charge in [-0.25, -0.2) is 4.39 Å². The Labute approximate surface area is 110 Å². The molecule has 96 valence electrons. The summed E-state index contributed by atoms with van der Waals surface area (Å²) in [6, 6.07) is 4.82. The normalized spacial score (nSPS) is 12.7. The third-order valence-electron chi connectivity index (χ3n) is 2.49. The highest BCUT2D eigenvalue weighted by Gasteiger charge is 2.07. The van der Waals surface area contributed by atoms with E-state index in [0.29, 0.717) is 30.5 Å². The lowest BCUT2D eigenvalue weighted by atomic mass is 10.0. The van der Waals surface area contributed by atoms with Gasteiger partial charge in [-0.15, -0.1) is 0 Å². The molecule has 2 nitrogen and oxygen atoms in total. The van der Waals surface area contributed by atoms with Crippen molar-refractivity contribution < 1.29 is 14.2 Å². The number of hydrogen-bond donors (Lipinski definition) is 1. The van der Waals surface area contributed by atoms with E-state index in [1.54, 1.807) is 12.1 Å². The Hall–Kier alpha value is -0.450. The summed E-state index contributed by atoms with van der Waals surface area (Å²) in [5, 5.41) is 9.80. The van der Waals surface area contributed by atoms with Crippen LogP contribution in [0.1, 0.15) is 25.3 Å². The molecule has 1 atom stereocenters. The molecule has 0 fully saturated rings. The number of ether oxygens (including phenoxy) is 1. The van der Waals surface area contributed by atoms with E-state index in [2.05, 4.69) is 15.9 Å². The maximum Gasteiger partial charge on any atom is 0.137 e. The Kier molecular flexibility index (Phi) is 6.70. The lowest BCUT2D eigenvalue weighted by Crippen LogP contribution is -2.11. The van der Waals surface area contributed by atoms with E-state index in [9.17, 15) is 9.50 Å². The molecule has 0 saturated heterocycles. The number of rotatable bonds is 7. The van der Waals surface area contributed by atoms with E-state index in [0.717, 1.165) is 12.0 Å². The third kappa shape index (κ3) is 5.61. The summed E-state index contributed by atoms with van der Waals surface area (Å²) in [5.41, 5.74) is 0.933. The number of hydrogen-bond acceptors (Lipinski definition) is 2.